The van der Waals surface area contributed by atoms with Gasteiger partial charge in [0.15, 0.2) is 11.0 Å². The van der Waals surface area contributed by atoms with Crippen LogP contribution in [0.2, 0.25) is 5.02 Å². The third-order valence-corrected chi connectivity index (χ3v) is 4.97. The maximum absolute atomic E-state index is 10.7. The number of thioether (sulfide) groups is 1. The molecule has 1 aromatic carbocycles. The Morgan fingerprint density at radius 1 is 1.43 bits per heavy atom. The Balaban J connectivity index is 1.70. The van der Waals surface area contributed by atoms with Crippen LogP contribution in [-0.2, 0) is 19.0 Å². The van der Waals surface area contributed by atoms with Crippen LogP contribution >= 0.6 is 23.4 Å². The van der Waals surface area contributed by atoms with Gasteiger partial charge in [0.25, 0.3) is 0 Å². The first kappa shape index (κ1) is 19.9. The molecule has 11 heteroatoms. The summed E-state index contributed by atoms with van der Waals surface area (Å²) in [7, 11) is 0. The molecule has 2 aromatic heterocycles. The van der Waals surface area contributed by atoms with Crippen LogP contribution in [0.1, 0.15) is 11.4 Å². The SMILES string of the molecule is C=CCn1c(COc2cc(C)ccc2Cl)nnc1SCn1cc([N+](=O)[O-])cn1. The van der Waals surface area contributed by atoms with E-state index in [1.54, 1.807) is 12.1 Å². The van der Waals surface area contributed by atoms with E-state index in [1.807, 2.05) is 23.6 Å². The second-order valence-electron chi connectivity index (χ2n) is 5.79. The number of aromatic nitrogens is 5. The summed E-state index contributed by atoms with van der Waals surface area (Å²) in [4.78, 5) is 10.3. The first-order valence-electron chi connectivity index (χ1n) is 8.19. The lowest BCUT2D eigenvalue weighted by Gasteiger charge is -2.10. The molecule has 0 unspecified atom stereocenters. The van der Waals surface area contributed by atoms with E-state index in [9.17, 15) is 10.1 Å². The molecule has 0 aliphatic rings. The van der Waals surface area contributed by atoms with Crippen molar-refractivity contribution in [3.63, 3.8) is 0 Å². The number of nitro groups is 1. The van der Waals surface area contributed by atoms with Crippen LogP contribution in [0.25, 0.3) is 0 Å². The summed E-state index contributed by atoms with van der Waals surface area (Å²) in [5.74, 6) is 1.55. The Labute approximate surface area is 170 Å². The minimum Gasteiger partial charge on any atom is -0.484 e. The van der Waals surface area contributed by atoms with Gasteiger partial charge in [0.05, 0.1) is 15.8 Å². The van der Waals surface area contributed by atoms with Crippen LogP contribution in [0.4, 0.5) is 5.69 Å². The van der Waals surface area contributed by atoms with Crippen molar-refractivity contribution in [1.29, 1.82) is 0 Å². The van der Waals surface area contributed by atoms with E-state index in [4.69, 9.17) is 16.3 Å². The van der Waals surface area contributed by atoms with Gasteiger partial charge in [-0.3, -0.25) is 19.4 Å². The molecular formula is C17H17ClN6O3S. The van der Waals surface area contributed by atoms with Gasteiger partial charge in [0, 0.05) is 6.54 Å². The van der Waals surface area contributed by atoms with Gasteiger partial charge in [-0.1, -0.05) is 35.5 Å². The van der Waals surface area contributed by atoms with Crippen LogP contribution in [-0.4, -0.2) is 29.5 Å². The number of ether oxygens (including phenoxy) is 1. The molecule has 9 nitrogen and oxygen atoms in total. The van der Waals surface area contributed by atoms with Gasteiger partial charge >= 0.3 is 5.69 Å². The zero-order chi connectivity index (χ0) is 20.1. The lowest BCUT2D eigenvalue weighted by molar-refractivity contribution is -0.385. The van der Waals surface area contributed by atoms with Crippen molar-refractivity contribution in [2.45, 2.75) is 31.1 Å². The second-order valence-corrected chi connectivity index (χ2v) is 7.11. The predicted octanol–water partition coefficient (Wildman–Crippen LogP) is 3.86. The molecule has 0 bridgehead atoms. The topological polar surface area (TPSA) is 101 Å². The van der Waals surface area contributed by atoms with Crippen LogP contribution in [0.15, 0.2) is 48.4 Å². The maximum atomic E-state index is 10.7. The van der Waals surface area contributed by atoms with Crippen LogP contribution in [0, 0.1) is 17.0 Å². The molecular weight excluding hydrogens is 404 g/mol. The first-order chi connectivity index (χ1) is 13.5. The summed E-state index contributed by atoms with van der Waals surface area (Å²) in [5, 5.41) is 24.2. The summed E-state index contributed by atoms with van der Waals surface area (Å²) in [6, 6.07) is 5.55. The number of aryl methyl sites for hydroxylation is 1. The highest BCUT2D eigenvalue weighted by Gasteiger charge is 2.15. The van der Waals surface area contributed by atoms with Crippen LogP contribution in [0.3, 0.4) is 0 Å². The smallest absolute Gasteiger partial charge is 0.307 e. The average molecular weight is 421 g/mol. The molecule has 0 saturated carbocycles. The van der Waals surface area contributed by atoms with Crippen molar-refractivity contribution in [2.75, 3.05) is 0 Å². The molecule has 2 heterocycles. The second kappa shape index (κ2) is 8.89. The molecule has 3 aromatic rings. The van der Waals surface area contributed by atoms with Gasteiger partial charge in [0.1, 0.15) is 24.8 Å². The number of halogens is 1. The first-order valence-corrected chi connectivity index (χ1v) is 9.56. The molecule has 28 heavy (non-hydrogen) atoms. The molecule has 0 aliphatic heterocycles. The van der Waals surface area contributed by atoms with Crippen molar-refractivity contribution in [3.8, 4) is 5.75 Å². The van der Waals surface area contributed by atoms with Gasteiger partial charge < -0.3 is 4.74 Å². The number of hydrogen-bond donors (Lipinski definition) is 0. The van der Waals surface area contributed by atoms with Gasteiger partial charge in [0.2, 0.25) is 0 Å². The van der Waals surface area contributed by atoms with E-state index in [1.165, 1.54) is 28.8 Å². The zero-order valence-electron chi connectivity index (χ0n) is 15.0. The summed E-state index contributed by atoms with van der Waals surface area (Å²) >= 11 is 7.52. The lowest BCUT2D eigenvalue weighted by Crippen LogP contribution is -2.08. The highest BCUT2D eigenvalue weighted by molar-refractivity contribution is 7.98. The summed E-state index contributed by atoms with van der Waals surface area (Å²) < 4.78 is 9.14. The highest BCUT2D eigenvalue weighted by atomic mass is 35.5. The molecule has 3 rings (SSSR count). The maximum Gasteiger partial charge on any atom is 0.307 e. The van der Waals surface area contributed by atoms with E-state index in [0.717, 1.165) is 5.56 Å². The zero-order valence-corrected chi connectivity index (χ0v) is 16.6. The molecule has 0 spiro atoms. The lowest BCUT2D eigenvalue weighted by atomic mass is 10.2. The van der Waals surface area contributed by atoms with E-state index in [0.29, 0.717) is 34.2 Å². The molecule has 0 radical (unpaired) electrons. The number of nitrogens with zero attached hydrogens (tertiary/aromatic N) is 6. The van der Waals surface area contributed by atoms with Crippen LogP contribution < -0.4 is 4.74 Å². The quantitative estimate of drug-likeness (QED) is 0.224. The minimum atomic E-state index is -0.486. The van der Waals surface area contributed by atoms with E-state index in [2.05, 4.69) is 21.9 Å². The summed E-state index contributed by atoms with van der Waals surface area (Å²) in [6.07, 6.45) is 4.31. The summed E-state index contributed by atoms with van der Waals surface area (Å²) in [5.41, 5.74) is 0.980. The number of hydrogen-bond acceptors (Lipinski definition) is 7. The van der Waals surface area contributed by atoms with Gasteiger partial charge in [-0.25, -0.2) is 0 Å². The molecule has 0 fully saturated rings. The normalized spacial score (nSPS) is 10.8. The molecule has 0 aliphatic carbocycles. The Morgan fingerprint density at radius 2 is 2.25 bits per heavy atom. The monoisotopic (exact) mass is 420 g/mol. The van der Waals surface area contributed by atoms with Crippen molar-refractivity contribution < 1.29 is 9.66 Å². The standard InChI is InChI=1S/C17H17ClN6O3S/c1-3-6-23-16(10-27-15-7-12(2)4-5-14(15)18)20-21-17(23)28-11-22-9-13(8-19-22)24(25)26/h3-5,7-9H,1,6,10-11H2,2H3. The van der Waals surface area contributed by atoms with Gasteiger partial charge in [-0.15, -0.1) is 16.8 Å². The third-order valence-electron chi connectivity index (χ3n) is 3.70. The fourth-order valence-electron chi connectivity index (χ4n) is 2.35. The molecule has 0 N–H and O–H groups in total. The van der Waals surface area contributed by atoms with Crippen molar-refractivity contribution in [3.05, 3.63) is 69.8 Å². The molecule has 0 amide bonds. The number of allylic oxidation sites excluding steroid dienone is 1. The predicted molar refractivity (Wildman–Crippen MR) is 105 cm³/mol. The van der Waals surface area contributed by atoms with Gasteiger partial charge in [-0.05, 0) is 24.6 Å². The number of rotatable bonds is 9. The molecule has 0 atom stereocenters. The molecule has 0 saturated heterocycles. The van der Waals surface area contributed by atoms with Crippen LogP contribution in [0.5, 0.6) is 5.75 Å². The fraction of sp³-hybridized carbons (Fsp3) is 0.235. The van der Waals surface area contributed by atoms with E-state index >= 15 is 0 Å². The van der Waals surface area contributed by atoms with Gasteiger partial charge in [-0.2, -0.15) is 5.10 Å². The minimum absolute atomic E-state index is 0.0581. The largest absolute Gasteiger partial charge is 0.484 e. The number of benzene rings is 1. The Kier molecular flexibility index (Phi) is 6.32. The Morgan fingerprint density at radius 3 is 2.96 bits per heavy atom. The van der Waals surface area contributed by atoms with Crippen molar-refractivity contribution in [1.82, 2.24) is 24.5 Å². The third kappa shape index (κ3) is 4.70. The highest BCUT2D eigenvalue weighted by Crippen LogP contribution is 2.27. The van der Waals surface area contributed by atoms with E-state index in [-0.39, 0.29) is 12.3 Å². The van der Waals surface area contributed by atoms with Crippen molar-refractivity contribution in [2.24, 2.45) is 0 Å². The molecule has 146 valence electrons. The summed E-state index contributed by atoms with van der Waals surface area (Å²) in [6.45, 7) is 6.41. The fourth-order valence-corrected chi connectivity index (χ4v) is 3.35. The van der Waals surface area contributed by atoms with Crippen molar-refractivity contribution >= 4 is 29.1 Å². The van der Waals surface area contributed by atoms with E-state index < -0.39 is 4.92 Å². The average Bonchev–Trinajstić information content (AvgIpc) is 3.28. The Hall–Kier alpha value is -2.85. The Bertz CT molecular complexity index is 1000.